The monoisotopic (exact) mass is 374 g/mol. The first kappa shape index (κ1) is 18.1. The van der Waals surface area contributed by atoms with E-state index >= 15 is 0 Å². The molecule has 0 unspecified atom stereocenters. The van der Waals surface area contributed by atoms with Crippen LogP contribution < -0.4 is 11.2 Å². The smallest absolute Gasteiger partial charge is 0.333 e. The van der Waals surface area contributed by atoms with Crippen LogP contribution in [0, 0.1) is 5.41 Å². The van der Waals surface area contributed by atoms with Crippen LogP contribution in [0.3, 0.4) is 0 Å². The molecule has 2 fully saturated rings. The third kappa shape index (κ3) is 2.06. The van der Waals surface area contributed by atoms with Gasteiger partial charge < -0.3 is 20.1 Å². The Bertz CT molecular complexity index is 997. The Morgan fingerprint density at radius 2 is 1.74 bits per heavy atom. The number of aliphatic hydroxyl groups is 3. The van der Waals surface area contributed by atoms with Crippen LogP contribution in [-0.4, -0.2) is 48.4 Å². The van der Waals surface area contributed by atoms with E-state index in [4.69, 9.17) is 4.74 Å². The highest BCUT2D eigenvalue weighted by Crippen LogP contribution is 2.75. The Labute approximate surface area is 154 Å². The quantitative estimate of drug-likeness (QED) is 0.662. The summed E-state index contributed by atoms with van der Waals surface area (Å²) in [5, 5.41) is 31.6. The highest BCUT2D eigenvalue weighted by molar-refractivity contribution is 5.39. The van der Waals surface area contributed by atoms with Crippen LogP contribution in [-0.2, 0) is 11.3 Å². The van der Waals surface area contributed by atoms with E-state index in [0.717, 1.165) is 14.7 Å². The summed E-state index contributed by atoms with van der Waals surface area (Å²) in [6, 6.07) is 10.3. The van der Waals surface area contributed by atoms with Crippen molar-refractivity contribution in [2.24, 2.45) is 5.41 Å². The molecular formula is C19H22N2O6. The fraction of sp³-hybridized carbons (Fsp3) is 0.474. The van der Waals surface area contributed by atoms with E-state index in [1.807, 2.05) is 18.2 Å². The highest BCUT2D eigenvalue weighted by atomic mass is 16.6. The molecule has 0 radical (unpaired) electrons. The van der Waals surface area contributed by atoms with Gasteiger partial charge >= 0.3 is 5.69 Å². The SMILES string of the molecule is CC1(C)[C@]2(O)[C@H](n3ccc(=O)n(Cc4ccccc4)c3=O)O[C@H](CO)[C@]12O. The average Bonchev–Trinajstić information content (AvgIpc) is 2.87. The minimum Gasteiger partial charge on any atom is -0.394 e. The zero-order valence-electron chi connectivity index (χ0n) is 15.1. The maximum absolute atomic E-state index is 13.0. The Morgan fingerprint density at radius 1 is 1.07 bits per heavy atom. The maximum atomic E-state index is 13.0. The van der Waals surface area contributed by atoms with Crippen molar-refractivity contribution in [2.45, 2.75) is 43.9 Å². The van der Waals surface area contributed by atoms with Crippen molar-refractivity contribution in [1.82, 2.24) is 9.13 Å². The first-order valence-electron chi connectivity index (χ1n) is 8.77. The van der Waals surface area contributed by atoms with E-state index in [1.165, 1.54) is 12.3 Å². The molecule has 0 amide bonds. The molecule has 1 saturated carbocycles. The van der Waals surface area contributed by atoms with E-state index in [-0.39, 0.29) is 6.54 Å². The third-order valence-electron chi connectivity index (χ3n) is 6.24. The molecular weight excluding hydrogens is 352 g/mol. The van der Waals surface area contributed by atoms with Gasteiger partial charge in [0.15, 0.2) is 6.23 Å². The lowest BCUT2D eigenvalue weighted by atomic mass is 10.0. The van der Waals surface area contributed by atoms with Gasteiger partial charge in [0.2, 0.25) is 0 Å². The Kier molecular flexibility index (Phi) is 3.77. The van der Waals surface area contributed by atoms with Crippen LogP contribution in [0.1, 0.15) is 25.6 Å². The fourth-order valence-electron chi connectivity index (χ4n) is 4.46. The van der Waals surface area contributed by atoms with Crippen molar-refractivity contribution < 1.29 is 20.1 Å². The fourth-order valence-corrected chi connectivity index (χ4v) is 4.46. The number of nitrogens with zero attached hydrogens (tertiary/aromatic N) is 2. The summed E-state index contributed by atoms with van der Waals surface area (Å²) in [4.78, 5) is 25.2. The van der Waals surface area contributed by atoms with E-state index in [0.29, 0.717) is 0 Å². The number of fused-ring (bicyclic) bond motifs is 1. The summed E-state index contributed by atoms with van der Waals surface area (Å²) in [7, 11) is 0. The molecule has 8 heteroatoms. The van der Waals surface area contributed by atoms with E-state index in [1.54, 1.807) is 26.0 Å². The second-order valence-corrected chi connectivity index (χ2v) is 7.73. The summed E-state index contributed by atoms with van der Waals surface area (Å²) >= 11 is 0. The maximum Gasteiger partial charge on any atom is 0.333 e. The molecule has 2 aromatic rings. The number of rotatable bonds is 4. The van der Waals surface area contributed by atoms with Gasteiger partial charge in [-0.3, -0.25) is 13.9 Å². The molecule has 2 heterocycles. The first-order valence-corrected chi connectivity index (χ1v) is 8.77. The molecule has 4 atom stereocenters. The molecule has 8 nitrogen and oxygen atoms in total. The zero-order valence-corrected chi connectivity index (χ0v) is 15.1. The largest absolute Gasteiger partial charge is 0.394 e. The van der Waals surface area contributed by atoms with Crippen LogP contribution in [0.15, 0.2) is 52.2 Å². The second-order valence-electron chi connectivity index (χ2n) is 7.73. The van der Waals surface area contributed by atoms with Gasteiger partial charge in [-0.15, -0.1) is 0 Å². The van der Waals surface area contributed by atoms with Crippen LogP contribution in [0.25, 0.3) is 0 Å². The lowest BCUT2D eigenvalue weighted by molar-refractivity contribution is -0.126. The van der Waals surface area contributed by atoms with Crippen molar-refractivity contribution in [3.05, 3.63) is 69.0 Å². The molecule has 1 aliphatic heterocycles. The van der Waals surface area contributed by atoms with Gasteiger partial charge in [0.1, 0.15) is 17.3 Å². The number of benzene rings is 1. The third-order valence-corrected chi connectivity index (χ3v) is 6.24. The van der Waals surface area contributed by atoms with Crippen LogP contribution in [0.5, 0.6) is 0 Å². The van der Waals surface area contributed by atoms with Crippen molar-refractivity contribution in [3.63, 3.8) is 0 Å². The molecule has 2 aliphatic rings. The Morgan fingerprint density at radius 3 is 2.33 bits per heavy atom. The van der Waals surface area contributed by atoms with Gasteiger partial charge in [-0.05, 0) is 5.56 Å². The minimum absolute atomic E-state index is 0.0710. The number of ether oxygens (including phenoxy) is 1. The second kappa shape index (κ2) is 5.62. The van der Waals surface area contributed by atoms with Crippen molar-refractivity contribution in [3.8, 4) is 0 Å². The molecule has 1 aromatic heterocycles. The standard InChI is InChI=1S/C19H22N2O6/c1-17(2)18(25)13(11-22)27-15(19(17,18)26)20-9-8-14(23)21(16(20)24)10-12-6-4-3-5-7-12/h3-9,13,15,22,25-26H,10-11H2,1-2H3/t13-,15-,18+,19-/m1/s1. The minimum atomic E-state index is -1.76. The Hall–Kier alpha value is -2.26. The summed E-state index contributed by atoms with van der Waals surface area (Å²) in [5.74, 6) is 0. The van der Waals surface area contributed by atoms with E-state index < -0.39 is 46.8 Å². The number of hydrogen-bond donors (Lipinski definition) is 3. The molecule has 1 aliphatic carbocycles. The molecule has 27 heavy (non-hydrogen) atoms. The summed E-state index contributed by atoms with van der Waals surface area (Å²) < 4.78 is 7.78. The lowest BCUT2D eigenvalue weighted by Crippen LogP contribution is -2.44. The number of hydrogen-bond acceptors (Lipinski definition) is 6. The summed E-state index contributed by atoms with van der Waals surface area (Å²) in [5.41, 5.74) is -4.79. The predicted molar refractivity (Wildman–Crippen MR) is 95.2 cm³/mol. The predicted octanol–water partition coefficient (Wildman–Crippen LogP) is -0.550. The molecule has 1 saturated heterocycles. The molecule has 0 spiro atoms. The first-order chi connectivity index (χ1) is 12.7. The van der Waals surface area contributed by atoms with Gasteiger partial charge in [0.25, 0.3) is 5.56 Å². The normalized spacial score (nSPS) is 33.7. The van der Waals surface area contributed by atoms with Gasteiger partial charge in [-0.1, -0.05) is 44.2 Å². The van der Waals surface area contributed by atoms with Crippen molar-refractivity contribution in [2.75, 3.05) is 6.61 Å². The number of aliphatic hydroxyl groups excluding tert-OH is 1. The van der Waals surface area contributed by atoms with Crippen molar-refractivity contribution in [1.29, 1.82) is 0 Å². The van der Waals surface area contributed by atoms with Gasteiger partial charge in [-0.25, -0.2) is 4.79 Å². The molecule has 0 bridgehead atoms. The average molecular weight is 374 g/mol. The van der Waals surface area contributed by atoms with E-state index in [9.17, 15) is 24.9 Å². The van der Waals surface area contributed by atoms with Gasteiger partial charge in [-0.2, -0.15) is 0 Å². The zero-order chi connectivity index (χ0) is 19.6. The van der Waals surface area contributed by atoms with Crippen molar-refractivity contribution >= 4 is 0 Å². The number of aromatic nitrogens is 2. The Balaban J connectivity index is 1.79. The highest BCUT2D eigenvalue weighted by Gasteiger charge is 2.92. The lowest BCUT2D eigenvalue weighted by Gasteiger charge is -2.27. The molecule has 3 N–H and O–H groups in total. The van der Waals surface area contributed by atoms with Crippen LogP contribution >= 0.6 is 0 Å². The summed E-state index contributed by atoms with van der Waals surface area (Å²) in [6.45, 7) is 2.87. The van der Waals surface area contributed by atoms with Crippen LogP contribution in [0.2, 0.25) is 0 Å². The molecule has 4 rings (SSSR count). The van der Waals surface area contributed by atoms with Crippen LogP contribution in [0.4, 0.5) is 0 Å². The molecule has 144 valence electrons. The topological polar surface area (TPSA) is 114 Å². The van der Waals surface area contributed by atoms with Gasteiger partial charge in [0, 0.05) is 17.7 Å². The van der Waals surface area contributed by atoms with Gasteiger partial charge in [0.05, 0.1) is 13.2 Å². The molecule has 1 aromatic carbocycles. The summed E-state index contributed by atoms with van der Waals surface area (Å²) in [6.07, 6.45) is -1.00. The van der Waals surface area contributed by atoms with E-state index in [2.05, 4.69) is 0 Å².